The molecule has 1 aliphatic carbocycles. The van der Waals surface area contributed by atoms with Crippen LogP contribution in [-0.4, -0.2) is 30.5 Å². The van der Waals surface area contributed by atoms with Crippen molar-refractivity contribution in [1.29, 1.82) is 0 Å². The first-order valence-electron chi connectivity index (χ1n) is 6.79. The van der Waals surface area contributed by atoms with Crippen LogP contribution in [0.3, 0.4) is 0 Å². The molecule has 1 saturated carbocycles. The van der Waals surface area contributed by atoms with E-state index in [0.29, 0.717) is 13.0 Å². The summed E-state index contributed by atoms with van der Waals surface area (Å²) < 4.78 is 11.1. The number of aliphatic hydroxyl groups excluding tert-OH is 1. The summed E-state index contributed by atoms with van der Waals surface area (Å²) >= 11 is 0. The Labute approximate surface area is 114 Å². The molecular weight excluding hydrogens is 242 g/mol. The van der Waals surface area contributed by atoms with Crippen LogP contribution in [0.15, 0.2) is 24.3 Å². The average molecular weight is 265 g/mol. The number of nitrogens with two attached hydrogens (primary N) is 1. The summed E-state index contributed by atoms with van der Waals surface area (Å²) in [7, 11) is 1.68. The molecule has 106 valence electrons. The van der Waals surface area contributed by atoms with Crippen LogP contribution >= 0.6 is 0 Å². The summed E-state index contributed by atoms with van der Waals surface area (Å²) in [4.78, 5) is 0. The average Bonchev–Trinajstić information content (AvgIpc) is 2.40. The molecular formula is C15H23NO3. The maximum atomic E-state index is 9.35. The van der Waals surface area contributed by atoms with E-state index in [2.05, 4.69) is 0 Å². The zero-order chi connectivity index (χ0) is 13.7. The van der Waals surface area contributed by atoms with E-state index < -0.39 is 5.54 Å². The Balaban J connectivity index is 1.98. The molecule has 4 heteroatoms. The lowest BCUT2D eigenvalue weighted by Gasteiger charge is -2.36. The fourth-order valence-corrected chi connectivity index (χ4v) is 2.65. The van der Waals surface area contributed by atoms with Crippen LogP contribution in [0.5, 0.6) is 5.75 Å². The fourth-order valence-electron chi connectivity index (χ4n) is 2.65. The first kappa shape index (κ1) is 14.3. The van der Waals surface area contributed by atoms with Crippen LogP contribution in [0.2, 0.25) is 0 Å². The predicted octanol–water partition coefficient (Wildman–Crippen LogP) is 1.84. The van der Waals surface area contributed by atoms with Gasteiger partial charge in [0.15, 0.2) is 0 Å². The quantitative estimate of drug-likeness (QED) is 0.852. The Morgan fingerprint density at radius 2 is 2.32 bits per heavy atom. The number of aliphatic hydroxyl groups is 1. The van der Waals surface area contributed by atoms with Crippen molar-refractivity contribution in [3.63, 3.8) is 0 Å². The highest BCUT2D eigenvalue weighted by Gasteiger charge is 2.33. The van der Waals surface area contributed by atoms with E-state index in [4.69, 9.17) is 15.2 Å². The molecule has 1 fully saturated rings. The van der Waals surface area contributed by atoms with Gasteiger partial charge in [-0.1, -0.05) is 12.1 Å². The minimum Gasteiger partial charge on any atom is -0.490 e. The molecule has 0 aliphatic heterocycles. The molecule has 0 spiro atoms. The second-order valence-electron chi connectivity index (χ2n) is 5.44. The Morgan fingerprint density at radius 3 is 3.05 bits per heavy atom. The van der Waals surface area contributed by atoms with Gasteiger partial charge in [-0.3, -0.25) is 0 Å². The van der Waals surface area contributed by atoms with E-state index in [1.165, 1.54) is 0 Å². The van der Waals surface area contributed by atoms with Gasteiger partial charge >= 0.3 is 0 Å². The molecule has 0 amide bonds. The van der Waals surface area contributed by atoms with Gasteiger partial charge in [-0.25, -0.2) is 0 Å². The third kappa shape index (κ3) is 3.93. The normalized spacial score (nSPS) is 27.2. The third-order valence-corrected chi connectivity index (χ3v) is 3.66. The predicted molar refractivity (Wildman–Crippen MR) is 74.0 cm³/mol. The summed E-state index contributed by atoms with van der Waals surface area (Å²) in [6.45, 7) is 0.607. The van der Waals surface area contributed by atoms with E-state index >= 15 is 0 Å². The van der Waals surface area contributed by atoms with Crippen LogP contribution < -0.4 is 10.5 Å². The van der Waals surface area contributed by atoms with Crippen LogP contribution in [0.1, 0.15) is 31.2 Å². The number of hydrogen-bond acceptors (Lipinski definition) is 4. The van der Waals surface area contributed by atoms with Crippen molar-refractivity contribution in [3.05, 3.63) is 29.8 Å². The van der Waals surface area contributed by atoms with Gasteiger partial charge in [-0.2, -0.15) is 0 Å². The maximum absolute atomic E-state index is 9.35. The second-order valence-corrected chi connectivity index (χ2v) is 5.44. The molecule has 1 aromatic carbocycles. The Bertz CT molecular complexity index is 410. The lowest BCUT2D eigenvalue weighted by atomic mass is 9.81. The summed E-state index contributed by atoms with van der Waals surface area (Å²) in [6, 6.07) is 7.92. The lowest BCUT2D eigenvalue weighted by molar-refractivity contribution is 0.0727. The first-order chi connectivity index (χ1) is 9.15. The van der Waals surface area contributed by atoms with E-state index in [-0.39, 0.29) is 12.7 Å². The number of ether oxygens (including phenoxy) is 2. The van der Waals surface area contributed by atoms with E-state index in [0.717, 1.165) is 30.6 Å². The minimum atomic E-state index is -0.479. The van der Waals surface area contributed by atoms with Crippen molar-refractivity contribution in [2.75, 3.05) is 13.7 Å². The number of hydrogen-bond donors (Lipinski definition) is 2. The molecule has 0 aromatic heterocycles. The van der Waals surface area contributed by atoms with Crippen molar-refractivity contribution in [2.45, 2.75) is 43.9 Å². The summed E-state index contributed by atoms with van der Waals surface area (Å²) in [5, 5.41) is 9.35. The first-order valence-corrected chi connectivity index (χ1v) is 6.79. The van der Waals surface area contributed by atoms with Crippen LogP contribution in [0.25, 0.3) is 0 Å². The van der Waals surface area contributed by atoms with Gasteiger partial charge in [0, 0.05) is 19.1 Å². The lowest BCUT2D eigenvalue weighted by Crippen LogP contribution is -2.50. The standard InChI is InChI=1S/C15H23NO3/c1-18-10-12-4-2-5-13(8-12)19-14-6-3-7-15(16,9-14)11-17/h2,4-5,8,14,17H,3,6-7,9-11,16H2,1H3. The summed E-state index contributed by atoms with van der Waals surface area (Å²) in [6.07, 6.45) is 3.65. The summed E-state index contributed by atoms with van der Waals surface area (Å²) in [5.74, 6) is 0.849. The molecule has 0 saturated heterocycles. The zero-order valence-corrected chi connectivity index (χ0v) is 11.5. The van der Waals surface area contributed by atoms with Gasteiger partial charge in [0.25, 0.3) is 0 Å². The van der Waals surface area contributed by atoms with Crippen molar-refractivity contribution in [1.82, 2.24) is 0 Å². The largest absolute Gasteiger partial charge is 0.490 e. The Kier molecular flexibility index (Phi) is 4.80. The van der Waals surface area contributed by atoms with Crippen LogP contribution in [0, 0.1) is 0 Å². The molecule has 2 atom stereocenters. The van der Waals surface area contributed by atoms with Gasteiger partial charge in [-0.05, 0) is 37.0 Å². The molecule has 2 rings (SSSR count). The monoisotopic (exact) mass is 265 g/mol. The van der Waals surface area contributed by atoms with Gasteiger partial charge < -0.3 is 20.3 Å². The van der Waals surface area contributed by atoms with Crippen molar-refractivity contribution < 1.29 is 14.6 Å². The van der Waals surface area contributed by atoms with Gasteiger partial charge in [0.05, 0.1) is 13.2 Å². The molecule has 1 aromatic rings. The fraction of sp³-hybridized carbons (Fsp3) is 0.600. The molecule has 2 unspecified atom stereocenters. The van der Waals surface area contributed by atoms with Crippen LogP contribution in [0.4, 0.5) is 0 Å². The summed E-state index contributed by atoms with van der Waals surface area (Å²) in [5.41, 5.74) is 6.75. The molecule has 0 radical (unpaired) electrons. The van der Waals surface area contributed by atoms with Gasteiger partial charge in [0.2, 0.25) is 0 Å². The Morgan fingerprint density at radius 1 is 1.47 bits per heavy atom. The molecule has 19 heavy (non-hydrogen) atoms. The van der Waals surface area contributed by atoms with E-state index in [9.17, 15) is 5.11 Å². The topological polar surface area (TPSA) is 64.7 Å². The van der Waals surface area contributed by atoms with Gasteiger partial charge in [-0.15, -0.1) is 0 Å². The van der Waals surface area contributed by atoms with Crippen molar-refractivity contribution in [2.24, 2.45) is 5.73 Å². The molecule has 1 aliphatic rings. The smallest absolute Gasteiger partial charge is 0.120 e. The third-order valence-electron chi connectivity index (χ3n) is 3.66. The number of methoxy groups -OCH3 is 1. The maximum Gasteiger partial charge on any atom is 0.120 e. The Hall–Kier alpha value is -1.10. The number of rotatable bonds is 5. The SMILES string of the molecule is COCc1cccc(OC2CCCC(N)(CO)C2)c1. The molecule has 0 heterocycles. The highest BCUT2D eigenvalue weighted by atomic mass is 16.5. The van der Waals surface area contributed by atoms with Crippen molar-refractivity contribution >= 4 is 0 Å². The van der Waals surface area contributed by atoms with E-state index in [1.807, 2.05) is 24.3 Å². The number of benzene rings is 1. The minimum absolute atomic E-state index is 0.0244. The zero-order valence-electron chi connectivity index (χ0n) is 11.5. The van der Waals surface area contributed by atoms with E-state index in [1.54, 1.807) is 7.11 Å². The van der Waals surface area contributed by atoms with Crippen molar-refractivity contribution in [3.8, 4) is 5.75 Å². The molecule has 0 bridgehead atoms. The highest BCUT2D eigenvalue weighted by Crippen LogP contribution is 2.29. The second kappa shape index (κ2) is 6.37. The molecule has 3 N–H and O–H groups in total. The van der Waals surface area contributed by atoms with Gasteiger partial charge in [0.1, 0.15) is 11.9 Å². The van der Waals surface area contributed by atoms with Crippen LogP contribution in [-0.2, 0) is 11.3 Å². The molecule has 4 nitrogen and oxygen atoms in total. The highest BCUT2D eigenvalue weighted by molar-refractivity contribution is 5.28.